The fourth-order valence-corrected chi connectivity index (χ4v) is 5.22. The maximum absolute atomic E-state index is 13.7. The maximum atomic E-state index is 13.7. The van der Waals surface area contributed by atoms with Crippen molar-refractivity contribution in [1.82, 2.24) is 4.98 Å². The first-order valence-electron chi connectivity index (χ1n) is 9.45. The molecule has 1 aromatic carbocycles. The summed E-state index contributed by atoms with van der Waals surface area (Å²) in [6.07, 6.45) is 1.44. The summed E-state index contributed by atoms with van der Waals surface area (Å²) in [5.74, 6) is -0.632. The molecule has 1 saturated heterocycles. The molecule has 4 rings (SSSR count). The van der Waals surface area contributed by atoms with Gasteiger partial charge in [-0.3, -0.25) is 14.5 Å². The molecule has 0 atom stereocenters. The summed E-state index contributed by atoms with van der Waals surface area (Å²) in [6, 6.07) is 6.28. The lowest BCUT2D eigenvalue weighted by atomic mass is 10.2. The molecular weight excluding hydrogens is 445 g/mol. The number of thiophene rings is 1. The van der Waals surface area contributed by atoms with Crippen molar-refractivity contribution in [2.24, 2.45) is 0 Å². The minimum atomic E-state index is -0.528. The lowest BCUT2D eigenvalue weighted by Gasteiger charge is -2.23. The van der Waals surface area contributed by atoms with Crippen LogP contribution in [0.15, 0.2) is 35.0 Å². The summed E-state index contributed by atoms with van der Waals surface area (Å²) in [4.78, 5) is 34.0. The molecule has 0 aliphatic carbocycles. The van der Waals surface area contributed by atoms with Crippen LogP contribution in [0.2, 0.25) is 5.02 Å². The lowest BCUT2D eigenvalue weighted by Crippen LogP contribution is -2.32. The fourth-order valence-electron chi connectivity index (χ4n) is 3.29. The van der Waals surface area contributed by atoms with E-state index in [1.807, 2.05) is 23.8 Å². The monoisotopic (exact) mass is 463 g/mol. The number of thiazole rings is 1. The Morgan fingerprint density at radius 3 is 2.83 bits per heavy atom. The summed E-state index contributed by atoms with van der Waals surface area (Å²) >= 11 is 8.90. The van der Waals surface area contributed by atoms with Crippen LogP contribution in [0.25, 0.3) is 0 Å². The number of aromatic nitrogens is 1. The second kappa shape index (κ2) is 8.83. The van der Waals surface area contributed by atoms with Crippen LogP contribution < -0.4 is 9.80 Å². The summed E-state index contributed by atoms with van der Waals surface area (Å²) in [7, 11) is 0. The van der Waals surface area contributed by atoms with Gasteiger partial charge >= 0.3 is 0 Å². The molecule has 0 spiro atoms. The molecule has 30 heavy (non-hydrogen) atoms. The van der Waals surface area contributed by atoms with Gasteiger partial charge < -0.3 is 4.90 Å². The van der Waals surface area contributed by atoms with Crippen LogP contribution in [-0.2, 0) is 22.6 Å². The zero-order chi connectivity index (χ0) is 21.3. The second-order valence-corrected chi connectivity index (χ2v) is 9.30. The molecule has 0 saturated carbocycles. The predicted octanol–water partition coefficient (Wildman–Crippen LogP) is 5.21. The van der Waals surface area contributed by atoms with Crippen molar-refractivity contribution < 1.29 is 14.0 Å². The lowest BCUT2D eigenvalue weighted by molar-refractivity contribution is -0.118. The number of hydrogen-bond acceptors (Lipinski definition) is 5. The van der Waals surface area contributed by atoms with Gasteiger partial charge in [0.25, 0.3) is 0 Å². The Balaban J connectivity index is 1.57. The second-order valence-electron chi connectivity index (χ2n) is 7.05. The highest BCUT2D eigenvalue weighted by Crippen LogP contribution is 2.29. The van der Waals surface area contributed by atoms with Gasteiger partial charge in [0.2, 0.25) is 11.8 Å². The number of halogens is 2. The molecule has 1 aliphatic heterocycles. The van der Waals surface area contributed by atoms with E-state index in [1.165, 1.54) is 23.5 Å². The van der Waals surface area contributed by atoms with Crippen molar-refractivity contribution >= 4 is 56.9 Å². The standard InChI is InChI=1S/C21H19ClFN3O2S2/c1-13-6-8-29-18(13)11-26(15-4-5-17(23)16(22)10-15)20(28)9-14-12-30-21(24-14)25-7-2-3-19(25)27/h4-6,8,10,12H,2-3,7,9,11H2,1H3. The van der Waals surface area contributed by atoms with E-state index in [0.717, 1.165) is 16.9 Å². The van der Waals surface area contributed by atoms with E-state index in [2.05, 4.69) is 4.98 Å². The zero-order valence-corrected chi connectivity index (χ0v) is 18.6. The predicted molar refractivity (Wildman–Crippen MR) is 119 cm³/mol. The average Bonchev–Trinajstić information content (AvgIpc) is 3.44. The zero-order valence-electron chi connectivity index (χ0n) is 16.2. The minimum Gasteiger partial charge on any atom is -0.307 e. The van der Waals surface area contributed by atoms with E-state index in [9.17, 15) is 14.0 Å². The van der Waals surface area contributed by atoms with Crippen molar-refractivity contribution in [3.63, 3.8) is 0 Å². The molecule has 156 valence electrons. The van der Waals surface area contributed by atoms with Crippen molar-refractivity contribution in [2.45, 2.75) is 32.7 Å². The van der Waals surface area contributed by atoms with Crippen molar-refractivity contribution in [1.29, 1.82) is 0 Å². The molecule has 9 heteroatoms. The molecule has 2 amide bonds. The number of anilines is 2. The minimum absolute atomic E-state index is 0.0308. The molecule has 0 bridgehead atoms. The van der Waals surface area contributed by atoms with E-state index in [0.29, 0.717) is 36.0 Å². The average molecular weight is 464 g/mol. The fraction of sp³-hybridized carbons (Fsp3) is 0.286. The number of rotatable bonds is 6. The molecular formula is C21H19ClFN3O2S2. The highest BCUT2D eigenvalue weighted by molar-refractivity contribution is 7.14. The molecule has 3 heterocycles. The molecule has 1 fully saturated rings. The Labute approximate surface area is 186 Å². The SMILES string of the molecule is Cc1ccsc1CN(C(=O)Cc1csc(N2CCCC2=O)n1)c1ccc(F)c(Cl)c1. The van der Waals surface area contributed by atoms with Gasteiger partial charge in [-0.2, -0.15) is 0 Å². The Morgan fingerprint density at radius 1 is 1.33 bits per heavy atom. The smallest absolute Gasteiger partial charge is 0.233 e. The third-order valence-corrected chi connectivity index (χ3v) is 7.17. The quantitative estimate of drug-likeness (QED) is 0.504. The van der Waals surface area contributed by atoms with Crippen LogP contribution in [0, 0.1) is 12.7 Å². The Hall–Kier alpha value is -2.29. The van der Waals surface area contributed by atoms with E-state index in [4.69, 9.17) is 11.6 Å². The number of nitrogens with zero attached hydrogens (tertiary/aromatic N) is 3. The Kier molecular flexibility index (Phi) is 6.17. The van der Waals surface area contributed by atoms with Crippen LogP contribution in [0.5, 0.6) is 0 Å². The summed E-state index contributed by atoms with van der Waals surface area (Å²) in [5.41, 5.74) is 2.24. The number of hydrogen-bond donors (Lipinski definition) is 0. The molecule has 5 nitrogen and oxygen atoms in total. The number of carbonyl (C=O) groups excluding carboxylic acids is 2. The van der Waals surface area contributed by atoms with Gasteiger partial charge in [-0.1, -0.05) is 11.6 Å². The van der Waals surface area contributed by atoms with Gasteiger partial charge in [0.15, 0.2) is 5.13 Å². The highest BCUT2D eigenvalue weighted by atomic mass is 35.5. The van der Waals surface area contributed by atoms with E-state index >= 15 is 0 Å². The van der Waals surface area contributed by atoms with Gasteiger partial charge in [-0.15, -0.1) is 22.7 Å². The van der Waals surface area contributed by atoms with Gasteiger partial charge in [-0.05, 0) is 48.6 Å². The Bertz CT molecular complexity index is 1100. The third kappa shape index (κ3) is 4.40. The van der Waals surface area contributed by atoms with E-state index in [-0.39, 0.29) is 23.3 Å². The van der Waals surface area contributed by atoms with Crippen LogP contribution in [-0.4, -0.2) is 23.3 Å². The summed E-state index contributed by atoms with van der Waals surface area (Å²) < 4.78 is 13.7. The van der Waals surface area contributed by atoms with Crippen molar-refractivity contribution in [3.8, 4) is 0 Å². The molecule has 3 aromatic rings. The number of benzene rings is 1. The van der Waals surface area contributed by atoms with Crippen LogP contribution >= 0.6 is 34.3 Å². The van der Waals surface area contributed by atoms with Gasteiger partial charge in [0.1, 0.15) is 5.82 Å². The topological polar surface area (TPSA) is 53.5 Å². The Morgan fingerprint density at radius 2 is 2.17 bits per heavy atom. The van der Waals surface area contributed by atoms with E-state index < -0.39 is 5.82 Å². The molecule has 0 radical (unpaired) electrons. The van der Waals surface area contributed by atoms with Crippen molar-refractivity contribution in [2.75, 3.05) is 16.3 Å². The first-order chi connectivity index (χ1) is 14.4. The van der Waals surface area contributed by atoms with Crippen LogP contribution in [0.3, 0.4) is 0 Å². The van der Waals surface area contributed by atoms with Crippen LogP contribution in [0.1, 0.15) is 29.0 Å². The first kappa shape index (κ1) is 21.0. The van der Waals surface area contributed by atoms with Gasteiger partial charge in [0.05, 0.1) is 23.7 Å². The van der Waals surface area contributed by atoms with E-state index in [1.54, 1.807) is 27.2 Å². The summed E-state index contributed by atoms with van der Waals surface area (Å²) in [5, 5.41) is 4.39. The number of aryl methyl sites for hydroxylation is 1. The molecule has 2 aromatic heterocycles. The number of amides is 2. The van der Waals surface area contributed by atoms with Crippen LogP contribution in [0.4, 0.5) is 15.2 Å². The maximum Gasteiger partial charge on any atom is 0.233 e. The van der Waals surface area contributed by atoms with Crippen molar-refractivity contribution in [3.05, 3.63) is 62.0 Å². The summed E-state index contributed by atoms with van der Waals surface area (Å²) in [6.45, 7) is 3.02. The molecule has 0 N–H and O–H groups in total. The number of carbonyl (C=O) groups is 2. The largest absolute Gasteiger partial charge is 0.307 e. The first-order valence-corrected chi connectivity index (χ1v) is 11.6. The van der Waals surface area contributed by atoms with Gasteiger partial charge in [0, 0.05) is 28.9 Å². The van der Waals surface area contributed by atoms with Gasteiger partial charge in [-0.25, -0.2) is 9.37 Å². The normalized spacial score (nSPS) is 13.8. The highest BCUT2D eigenvalue weighted by Gasteiger charge is 2.25. The molecule has 1 aliphatic rings. The molecule has 0 unspecified atom stereocenters. The third-order valence-electron chi connectivity index (χ3n) is 4.96.